The summed E-state index contributed by atoms with van der Waals surface area (Å²) in [6, 6.07) is 10.5. The number of hydrogen-bond acceptors (Lipinski definition) is 4. The average molecular weight is 374 g/mol. The van der Waals surface area contributed by atoms with E-state index in [0.29, 0.717) is 11.4 Å². The maximum absolute atomic E-state index is 13.0. The van der Waals surface area contributed by atoms with Gasteiger partial charge in [-0.15, -0.1) is 0 Å². The largest absolute Gasteiger partial charge is 0.455 e. The van der Waals surface area contributed by atoms with E-state index in [1.807, 2.05) is 0 Å². The molecule has 27 heavy (non-hydrogen) atoms. The summed E-state index contributed by atoms with van der Waals surface area (Å²) < 4.78 is 30.8. The Labute approximate surface area is 153 Å². The highest BCUT2D eigenvalue weighted by atomic mass is 19.1. The molecular formula is C19H16F2N2O4. The summed E-state index contributed by atoms with van der Waals surface area (Å²) >= 11 is 0. The van der Waals surface area contributed by atoms with Crippen LogP contribution in [0.1, 0.15) is 6.42 Å². The fourth-order valence-corrected chi connectivity index (χ4v) is 2.72. The highest BCUT2D eigenvalue weighted by Crippen LogP contribution is 2.26. The van der Waals surface area contributed by atoms with E-state index < -0.39 is 36.0 Å². The number of carbonyl (C=O) groups is 3. The summed E-state index contributed by atoms with van der Waals surface area (Å²) in [7, 11) is 0. The van der Waals surface area contributed by atoms with Gasteiger partial charge in [0.15, 0.2) is 6.61 Å². The van der Waals surface area contributed by atoms with Crippen LogP contribution < -0.4 is 10.2 Å². The molecule has 1 fully saturated rings. The van der Waals surface area contributed by atoms with Crippen molar-refractivity contribution in [3.05, 3.63) is 60.2 Å². The molecule has 2 amide bonds. The first-order valence-corrected chi connectivity index (χ1v) is 8.20. The molecule has 1 aliphatic rings. The second-order valence-corrected chi connectivity index (χ2v) is 6.04. The quantitative estimate of drug-likeness (QED) is 0.816. The number of nitrogens with one attached hydrogen (secondary N) is 1. The van der Waals surface area contributed by atoms with Gasteiger partial charge in [-0.2, -0.15) is 0 Å². The lowest BCUT2D eigenvalue weighted by molar-refractivity contribution is -0.151. The van der Waals surface area contributed by atoms with E-state index in [1.54, 1.807) is 0 Å². The number of halogens is 2. The number of hydrogen-bond donors (Lipinski definition) is 1. The highest BCUT2D eigenvalue weighted by molar-refractivity contribution is 6.00. The summed E-state index contributed by atoms with van der Waals surface area (Å²) in [5.74, 6) is -3.08. The van der Waals surface area contributed by atoms with Gasteiger partial charge in [0.1, 0.15) is 11.6 Å². The molecule has 1 aliphatic heterocycles. The molecule has 1 atom stereocenters. The van der Waals surface area contributed by atoms with E-state index in [2.05, 4.69) is 5.32 Å². The molecule has 6 nitrogen and oxygen atoms in total. The smallest absolute Gasteiger partial charge is 0.311 e. The van der Waals surface area contributed by atoms with Crippen molar-refractivity contribution in [3.63, 3.8) is 0 Å². The molecule has 0 unspecified atom stereocenters. The van der Waals surface area contributed by atoms with E-state index in [0.717, 1.165) is 0 Å². The van der Waals surface area contributed by atoms with Gasteiger partial charge in [0.05, 0.1) is 5.92 Å². The molecule has 0 saturated carbocycles. The third kappa shape index (κ3) is 4.66. The summed E-state index contributed by atoms with van der Waals surface area (Å²) in [4.78, 5) is 37.4. The van der Waals surface area contributed by atoms with Crippen LogP contribution in [-0.2, 0) is 19.1 Å². The molecule has 8 heteroatoms. The Bertz CT molecular complexity index is 853. The number of carbonyl (C=O) groups excluding carboxylic acids is 3. The maximum atomic E-state index is 13.0. The first-order valence-electron chi connectivity index (χ1n) is 8.20. The van der Waals surface area contributed by atoms with Gasteiger partial charge in [0, 0.05) is 24.3 Å². The molecule has 0 radical (unpaired) electrons. The zero-order valence-corrected chi connectivity index (χ0v) is 14.2. The van der Waals surface area contributed by atoms with Crippen LogP contribution in [-0.4, -0.2) is 30.9 Å². The number of benzene rings is 2. The number of esters is 1. The second-order valence-electron chi connectivity index (χ2n) is 6.04. The Hall–Kier alpha value is -3.29. The van der Waals surface area contributed by atoms with Crippen LogP contribution in [0.15, 0.2) is 48.5 Å². The summed E-state index contributed by atoms with van der Waals surface area (Å²) in [5.41, 5.74) is 0.863. The van der Waals surface area contributed by atoms with Gasteiger partial charge in [-0.25, -0.2) is 8.78 Å². The molecule has 0 spiro atoms. The SMILES string of the molecule is O=C(COC(=O)[C@@H]1CC(=O)N(c2ccc(F)cc2)C1)Nc1ccc(F)cc1. The third-order valence-corrected chi connectivity index (χ3v) is 4.07. The average Bonchev–Trinajstić information content (AvgIpc) is 3.04. The topological polar surface area (TPSA) is 75.7 Å². The Morgan fingerprint density at radius 3 is 2.26 bits per heavy atom. The molecule has 1 heterocycles. The Morgan fingerprint density at radius 2 is 1.63 bits per heavy atom. The van der Waals surface area contributed by atoms with Crippen molar-refractivity contribution >= 4 is 29.2 Å². The van der Waals surface area contributed by atoms with Crippen LogP contribution in [0.4, 0.5) is 20.2 Å². The second kappa shape index (κ2) is 7.94. The lowest BCUT2D eigenvalue weighted by Gasteiger charge is -2.16. The molecule has 0 aliphatic carbocycles. The molecular weight excluding hydrogens is 358 g/mol. The minimum Gasteiger partial charge on any atom is -0.455 e. The molecule has 2 aromatic carbocycles. The Kier molecular flexibility index (Phi) is 5.44. The van der Waals surface area contributed by atoms with Gasteiger partial charge in [-0.05, 0) is 48.5 Å². The molecule has 3 rings (SSSR count). The number of nitrogens with zero attached hydrogens (tertiary/aromatic N) is 1. The van der Waals surface area contributed by atoms with Gasteiger partial charge >= 0.3 is 5.97 Å². The highest BCUT2D eigenvalue weighted by Gasteiger charge is 2.36. The van der Waals surface area contributed by atoms with Crippen molar-refractivity contribution in [2.75, 3.05) is 23.4 Å². The number of ether oxygens (including phenoxy) is 1. The van der Waals surface area contributed by atoms with E-state index in [1.165, 1.54) is 53.4 Å². The van der Waals surface area contributed by atoms with E-state index in [4.69, 9.17) is 4.74 Å². The van der Waals surface area contributed by atoms with E-state index in [-0.39, 0.29) is 18.9 Å². The lowest BCUT2D eigenvalue weighted by Crippen LogP contribution is -2.28. The minimum atomic E-state index is -0.707. The molecule has 0 bridgehead atoms. The van der Waals surface area contributed by atoms with Crippen molar-refractivity contribution in [2.45, 2.75) is 6.42 Å². The predicted molar refractivity (Wildman–Crippen MR) is 92.8 cm³/mol. The van der Waals surface area contributed by atoms with Crippen molar-refractivity contribution in [1.82, 2.24) is 0 Å². The first kappa shape index (κ1) is 18.5. The van der Waals surface area contributed by atoms with Crippen molar-refractivity contribution in [1.29, 1.82) is 0 Å². The zero-order valence-electron chi connectivity index (χ0n) is 14.2. The van der Waals surface area contributed by atoms with E-state index in [9.17, 15) is 23.2 Å². The molecule has 1 saturated heterocycles. The van der Waals surface area contributed by atoms with E-state index >= 15 is 0 Å². The monoisotopic (exact) mass is 374 g/mol. The normalized spacial score (nSPS) is 16.3. The van der Waals surface area contributed by atoms with Gasteiger partial charge in [-0.3, -0.25) is 14.4 Å². The fourth-order valence-electron chi connectivity index (χ4n) is 2.72. The number of anilines is 2. The van der Waals surface area contributed by atoms with Crippen LogP contribution in [0, 0.1) is 17.6 Å². The fraction of sp³-hybridized carbons (Fsp3) is 0.211. The van der Waals surface area contributed by atoms with Gasteiger partial charge in [-0.1, -0.05) is 0 Å². The predicted octanol–water partition coefficient (Wildman–Crippen LogP) is 2.50. The standard InChI is InChI=1S/C19H16F2N2O4/c20-13-1-5-15(6-2-13)22-17(24)11-27-19(26)12-9-18(25)23(10-12)16-7-3-14(21)4-8-16/h1-8,12H,9-11H2,(H,22,24)/t12-/m1/s1. The van der Waals surface area contributed by atoms with Crippen LogP contribution in [0.3, 0.4) is 0 Å². The molecule has 2 aromatic rings. The summed E-state index contributed by atoms with van der Waals surface area (Å²) in [5, 5.41) is 2.47. The van der Waals surface area contributed by atoms with Crippen LogP contribution in [0.5, 0.6) is 0 Å². The van der Waals surface area contributed by atoms with Crippen molar-refractivity contribution in [2.24, 2.45) is 5.92 Å². The molecule has 140 valence electrons. The summed E-state index contributed by atoms with van der Waals surface area (Å²) in [6.07, 6.45) is -0.0458. The first-order chi connectivity index (χ1) is 12.9. The zero-order chi connectivity index (χ0) is 19.4. The number of amides is 2. The van der Waals surface area contributed by atoms with Gasteiger partial charge in [0.2, 0.25) is 5.91 Å². The van der Waals surface area contributed by atoms with Crippen LogP contribution in [0.25, 0.3) is 0 Å². The minimum absolute atomic E-state index is 0.0458. The lowest BCUT2D eigenvalue weighted by atomic mass is 10.1. The third-order valence-electron chi connectivity index (χ3n) is 4.07. The van der Waals surface area contributed by atoms with Crippen molar-refractivity contribution < 1.29 is 27.9 Å². The van der Waals surface area contributed by atoms with Crippen LogP contribution >= 0.6 is 0 Å². The van der Waals surface area contributed by atoms with Crippen molar-refractivity contribution in [3.8, 4) is 0 Å². The Morgan fingerprint density at radius 1 is 1.04 bits per heavy atom. The summed E-state index contributed by atoms with van der Waals surface area (Å²) in [6.45, 7) is -0.416. The van der Waals surface area contributed by atoms with Gasteiger partial charge in [0.25, 0.3) is 5.91 Å². The van der Waals surface area contributed by atoms with Crippen LogP contribution in [0.2, 0.25) is 0 Å². The van der Waals surface area contributed by atoms with Gasteiger partial charge < -0.3 is 15.0 Å². The molecule has 1 N–H and O–H groups in total. The number of rotatable bonds is 5. The maximum Gasteiger partial charge on any atom is 0.311 e. The Balaban J connectivity index is 1.51. The molecule has 0 aromatic heterocycles.